The molecule has 1 aromatic carbocycles. The summed E-state index contributed by atoms with van der Waals surface area (Å²) in [6, 6.07) is 8.46. The maximum absolute atomic E-state index is 6.10. The number of hydrogen-bond donors (Lipinski definition) is 0. The van der Waals surface area contributed by atoms with Gasteiger partial charge in [0.1, 0.15) is 0 Å². The van der Waals surface area contributed by atoms with Crippen molar-refractivity contribution < 1.29 is 0 Å². The Morgan fingerprint density at radius 3 is 2.09 bits per heavy atom. The van der Waals surface area contributed by atoms with Crippen molar-refractivity contribution in [3.8, 4) is 0 Å². The van der Waals surface area contributed by atoms with Gasteiger partial charge in [0.05, 0.1) is 0 Å². The lowest BCUT2D eigenvalue weighted by Gasteiger charge is -2.37. The second-order valence-electron chi connectivity index (χ2n) is 8.90. The zero-order valence-corrected chi connectivity index (χ0v) is 15.8. The SMILES string of the molecule is CC1(C)CC=C(C2=C(c3ccc(Cl)cc3)CC(C)(C)CC2)CC1. The number of hydrogen-bond acceptors (Lipinski definition) is 0. The van der Waals surface area contributed by atoms with E-state index in [2.05, 4.69) is 45.9 Å². The van der Waals surface area contributed by atoms with Crippen LogP contribution in [0, 0.1) is 10.8 Å². The number of rotatable bonds is 2. The molecule has 2 aliphatic rings. The molecular formula is C22H29Cl. The molecule has 0 bridgehead atoms. The van der Waals surface area contributed by atoms with E-state index in [4.69, 9.17) is 11.6 Å². The molecule has 0 fully saturated rings. The van der Waals surface area contributed by atoms with Crippen molar-refractivity contribution in [1.82, 2.24) is 0 Å². The molecule has 2 aliphatic carbocycles. The highest BCUT2D eigenvalue weighted by atomic mass is 35.5. The fourth-order valence-electron chi connectivity index (χ4n) is 3.92. The first kappa shape index (κ1) is 16.8. The standard InChI is InChI=1S/C22H29Cl/c1-21(2)12-9-17(10-13-21)19-11-14-22(3,4)15-20(19)16-5-7-18(23)8-6-16/h5-9H,10-15H2,1-4H3. The molecule has 0 saturated heterocycles. The highest BCUT2D eigenvalue weighted by molar-refractivity contribution is 6.30. The molecule has 0 saturated carbocycles. The third kappa shape index (κ3) is 3.91. The first-order chi connectivity index (χ1) is 10.8. The van der Waals surface area contributed by atoms with Crippen molar-refractivity contribution in [2.24, 2.45) is 10.8 Å². The zero-order chi connectivity index (χ0) is 16.7. The lowest BCUT2D eigenvalue weighted by molar-refractivity contribution is 0.316. The molecule has 0 amide bonds. The van der Waals surface area contributed by atoms with Crippen LogP contribution in [0.1, 0.15) is 71.8 Å². The van der Waals surface area contributed by atoms with Crippen LogP contribution in [0.3, 0.4) is 0 Å². The zero-order valence-electron chi connectivity index (χ0n) is 15.0. The molecule has 0 nitrogen and oxygen atoms in total. The number of benzene rings is 1. The topological polar surface area (TPSA) is 0 Å². The van der Waals surface area contributed by atoms with Crippen molar-refractivity contribution in [1.29, 1.82) is 0 Å². The Hall–Kier alpha value is -1.01. The van der Waals surface area contributed by atoms with Crippen LogP contribution in [0.5, 0.6) is 0 Å². The van der Waals surface area contributed by atoms with Gasteiger partial charge in [-0.1, -0.05) is 57.5 Å². The minimum Gasteiger partial charge on any atom is -0.0843 e. The number of halogens is 1. The quantitative estimate of drug-likeness (QED) is 0.529. The second-order valence-corrected chi connectivity index (χ2v) is 9.34. The predicted molar refractivity (Wildman–Crippen MR) is 102 cm³/mol. The van der Waals surface area contributed by atoms with E-state index in [0.29, 0.717) is 10.8 Å². The van der Waals surface area contributed by atoms with Crippen LogP contribution in [0.4, 0.5) is 0 Å². The average Bonchev–Trinajstić information content (AvgIpc) is 2.48. The predicted octanol–water partition coefficient (Wildman–Crippen LogP) is 7.44. The summed E-state index contributed by atoms with van der Waals surface area (Å²) < 4.78 is 0. The van der Waals surface area contributed by atoms with Gasteiger partial charge in [0, 0.05) is 5.02 Å². The highest BCUT2D eigenvalue weighted by Gasteiger charge is 2.31. The third-order valence-corrected chi connectivity index (χ3v) is 5.88. The molecule has 0 unspecified atom stereocenters. The van der Waals surface area contributed by atoms with E-state index in [1.807, 2.05) is 12.1 Å². The molecule has 1 heteroatoms. The summed E-state index contributed by atoms with van der Waals surface area (Å²) in [7, 11) is 0. The molecule has 1 aromatic rings. The lowest BCUT2D eigenvalue weighted by Crippen LogP contribution is -2.21. The maximum atomic E-state index is 6.10. The summed E-state index contributed by atoms with van der Waals surface area (Å²) in [6.45, 7) is 9.58. The van der Waals surface area contributed by atoms with Crippen molar-refractivity contribution in [2.75, 3.05) is 0 Å². The van der Waals surface area contributed by atoms with Gasteiger partial charge in [-0.2, -0.15) is 0 Å². The summed E-state index contributed by atoms with van der Waals surface area (Å²) in [5, 5.41) is 0.824. The summed E-state index contributed by atoms with van der Waals surface area (Å²) >= 11 is 6.10. The van der Waals surface area contributed by atoms with Crippen LogP contribution < -0.4 is 0 Å². The molecule has 0 heterocycles. The van der Waals surface area contributed by atoms with Gasteiger partial charge >= 0.3 is 0 Å². The van der Waals surface area contributed by atoms with Crippen molar-refractivity contribution >= 4 is 17.2 Å². The Kier molecular flexibility index (Phi) is 4.49. The van der Waals surface area contributed by atoms with Crippen molar-refractivity contribution in [3.05, 3.63) is 52.1 Å². The van der Waals surface area contributed by atoms with Gasteiger partial charge in [0.25, 0.3) is 0 Å². The largest absolute Gasteiger partial charge is 0.0843 e. The van der Waals surface area contributed by atoms with E-state index in [1.54, 1.807) is 16.7 Å². The summed E-state index contributed by atoms with van der Waals surface area (Å²) in [5.41, 5.74) is 7.03. The minimum absolute atomic E-state index is 0.396. The Morgan fingerprint density at radius 1 is 0.826 bits per heavy atom. The fourth-order valence-corrected chi connectivity index (χ4v) is 4.05. The van der Waals surface area contributed by atoms with Crippen LogP contribution >= 0.6 is 11.6 Å². The first-order valence-corrected chi connectivity index (χ1v) is 9.31. The molecule has 23 heavy (non-hydrogen) atoms. The highest BCUT2D eigenvalue weighted by Crippen LogP contribution is 2.48. The summed E-state index contributed by atoms with van der Waals surface area (Å²) in [5.74, 6) is 0. The van der Waals surface area contributed by atoms with Gasteiger partial charge in [-0.15, -0.1) is 0 Å². The van der Waals surface area contributed by atoms with Gasteiger partial charge in [-0.25, -0.2) is 0 Å². The summed E-state index contributed by atoms with van der Waals surface area (Å²) in [4.78, 5) is 0. The second kappa shape index (κ2) is 6.13. The maximum Gasteiger partial charge on any atom is 0.0406 e. The van der Waals surface area contributed by atoms with Crippen LogP contribution in [-0.4, -0.2) is 0 Å². The van der Waals surface area contributed by atoms with E-state index in [9.17, 15) is 0 Å². The molecule has 124 valence electrons. The monoisotopic (exact) mass is 328 g/mol. The molecule has 0 aromatic heterocycles. The normalized spacial score (nSPS) is 23.6. The fraction of sp³-hybridized carbons (Fsp3) is 0.545. The number of allylic oxidation sites excluding steroid dienone is 4. The van der Waals surface area contributed by atoms with E-state index in [1.165, 1.54) is 44.1 Å². The Balaban J connectivity index is 2.02. The first-order valence-electron chi connectivity index (χ1n) is 8.93. The Morgan fingerprint density at radius 2 is 1.48 bits per heavy atom. The molecule has 0 N–H and O–H groups in total. The van der Waals surface area contributed by atoms with Crippen molar-refractivity contribution in [2.45, 2.75) is 66.2 Å². The van der Waals surface area contributed by atoms with E-state index < -0.39 is 0 Å². The third-order valence-electron chi connectivity index (χ3n) is 5.62. The average molecular weight is 329 g/mol. The van der Waals surface area contributed by atoms with Crippen LogP contribution in [0.25, 0.3) is 5.57 Å². The smallest absolute Gasteiger partial charge is 0.0406 e. The Bertz CT molecular complexity index is 641. The van der Waals surface area contributed by atoms with Gasteiger partial charge in [-0.05, 0) is 83.8 Å². The van der Waals surface area contributed by atoms with Crippen molar-refractivity contribution in [3.63, 3.8) is 0 Å². The molecular weight excluding hydrogens is 300 g/mol. The molecule has 0 radical (unpaired) electrons. The Labute approximate surface area is 146 Å². The van der Waals surface area contributed by atoms with Gasteiger partial charge in [-0.3, -0.25) is 0 Å². The van der Waals surface area contributed by atoms with Crippen LogP contribution in [-0.2, 0) is 0 Å². The molecule has 0 atom stereocenters. The van der Waals surface area contributed by atoms with E-state index in [-0.39, 0.29) is 0 Å². The van der Waals surface area contributed by atoms with Gasteiger partial charge < -0.3 is 0 Å². The van der Waals surface area contributed by atoms with E-state index in [0.717, 1.165) is 5.02 Å². The minimum atomic E-state index is 0.396. The van der Waals surface area contributed by atoms with Gasteiger partial charge in [0.2, 0.25) is 0 Å². The van der Waals surface area contributed by atoms with Gasteiger partial charge in [0.15, 0.2) is 0 Å². The van der Waals surface area contributed by atoms with Crippen LogP contribution in [0.2, 0.25) is 5.02 Å². The van der Waals surface area contributed by atoms with E-state index >= 15 is 0 Å². The lowest BCUT2D eigenvalue weighted by atomic mass is 9.68. The van der Waals surface area contributed by atoms with Crippen LogP contribution in [0.15, 0.2) is 41.5 Å². The molecule has 3 rings (SSSR count). The molecule has 0 aliphatic heterocycles. The summed E-state index contributed by atoms with van der Waals surface area (Å²) in [6.07, 6.45) is 9.96. The molecule has 0 spiro atoms.